The van der Waals surface area contributed by atoms with E-state index in [-0.39, 0.29) is 18.1 Å². The fourth-order valence-corrected chi connectivity index (χ4v) is 4.75. The molecule has 2 heterocycles. The van der Waals surface area contributed by atoms with Crippen LogP contribution in [-0.4, -0.2) is 45.3 Å². The first-order valence-electron chi connectivity index (χ1n) is 11.8. The minimum Gasteiger partial charge on any atom is -0.457 e. The van der Waals surface area contributed by atoms with Crippen LogP contribution in [0.25, 0.3) is 6.08 Å². The number of thiazole rings is 1. The van der Waals surface area contributed by atoms with Gasteiger partial charge in [-0.25, -0.2) is 4.98 Å². The van der Waals surface area contributed by atoms with Gasteiger partial charge >= 0.3 is 5.97 Å². The lowest BCUT2D eigenvalue weighted by molar-refractivity contribution is -0.154. The van der Waals surface area contributed by atoms with Crippen LogP contribution in [-0.2, 0) is 14.3 Å². The highest BCUT2D eigenvalue weighted by molar-refractivity contribution is 7.09. The van der Waals surface area contributed by atoms with Crippen molar-refractivity contribution in [3.63, 3.8) is 0 Å². The van der Waals surface area contributed by atoms with E-state index in [1.807, 2.05) is 38.3 Å². The van der Waals surface area contributed by atoms with Crippen LogP contribution >= 0.6 is 11.3 Å². The molecule has 7 heteroatoms. The van der Waals surface area contributed by atoms with E-state index in [2.05, 4.69) is 11.1 Å². The summed E-state index contributed by atoms with van der Waals surface area (Å²) in [7, 11) is 0. The van der Waals surface area contributed by atoms with Gasteiger partial charge in [-0.15, -0.1) is 11.3 Å². The molecule has 0 aliphatic carbocycles. The fraction of sp³-hybridized carbons (Fsp3) is 0.654. The van der Waals surface area contributed by atoms with Crippen molar-refractivity contribution in [1.29, 1.82) is 0 Å². The Labute approximate surface area is 201 Å². The number of Topliss-reactive ketones (excluding diaryl/α,β-unsaturated/α-hetero) is 1. The molecule has 0 radical (unpaired) electrons. The summed E-state index contributed by atoms with van der Waals surface area (Å²) in [6.07, 6.45) is 6.28. The monoisotopic (exact) mass is 477 g/mol. The van der Waals surface area contributed by atoms with Crippen molar-refractivity contribution in [3.05, 3.63) is 33.8 Å². The molecule has 0 aromatic carbocycles. The zero-order valence-electron chi connectivity index (χ0n) is 20.7. The van der Waals surface area contributed by atoms with Crippen molar-refractivity contribution < 1.29 is 24.5 Å². The van der Waals surface area contributed by atoms with Crippen molar-refractivity contribution in [1.82, 2.24) is 4.98 Å². The van der Waals surface area contributed by atoms with Gasteiger partial charge in [-0.1, -0.05) is 39.8 Å². The number of nitrogens with zero attached hydrogens (tertiary/aromatic N) is 1. The van der Waals surface area contributed by atoms with E-state index in [9.17, 15) is 19.8 Å². The largest absolute Gasteiger partial charge is 0.457 e. The van der Waals surface area contributed by atoms with Crippen LogP contribution in [0, 0.1) is 24.2 Å². The average molecular weight is 478 g/mol. The quantitative estimate of drug-likeness (QED) is 0.466. The Morgan fingerprint density at radius 3 is 2.58 bits per heavy atom. The van der Waals surface area contributed by atoms with Gasteiger partial charge in [0, 0.05) is 17.7 Å². The molecule has 0 spiro atoms. The second-order valence-corrected chi connectivity index (χ2v) is 10.9. The van der Waals surface area contributed by atoms with E-state index < -0.39 is 35.6 Å². The van der Waals surface area contributed by atoms with Gasteiger partial charge in [-0.3, -0.25) is 9.59 Å². The zero-order chi connectivity index (χ0) is 24.8. The lowest BCUT2D eigenvalue weighted by atomic mass is 9.73. The smallest absolute Gasteiger partial charge is 0.309 e. The van der Waals surface area contributed by atoms with Gasteiger partial charge in [0.25, 0.3) is 0 Å². The van der Waals surface area contributed by atoms with E-state index in [4.69, 9.17) is 4.74 Å². The van der Waals surface area contributed by atoms with Crippen molar-refractivity contribution in [2.24, 2.45) is 17.3 Å². The molecule has 5 atom stereocenters. The van der Waals surface area contributed by atoms with Crippen LogP contribution in [0.3, 0.4) is 0 Å². The van der Waals surface area contributed by atoms with Gasteiger partial charge in [0.1, 0.15) is 11.9 Å². The van der Waals surface area contributed by atoms with E-state index in [1.54, 1.807) is 32.1 Å². The van der Waals surface area contributed by atoms with Gasteiger partial charge in [0.05, 0.1) is 34.7 Å². The van der Waals surface area contributed by atoms with E-state index in [0.29, 0.717) is 6.42 Å². The number of aliphatic hydroxyl groups excluding tert-OH is 2. The molecule has 0 fully saturated rings. The number of cyclic esters (lactones) is 1. The summed E-state index contributed by atoms with van der Waals surface area (Å²) in [4.78, 5) is 30.3. The molecule has 0 amide bonds. The van der Waals surface area contributed by atoms with E-state index in [1.165, 1.54) is 0 Å². The van der Waals surface area contributed by atoms with Crippen LogP contribution in [0.4, 0.5) is 0 Å². The summed E-state index contributed by atoms with van der Waals surface area (Å²) in [6, 6.07) is 0. The third kappa shape index (κ3) is 7.59. The molecule has 1 aliphatic rings. The first-order chi connectivity index (χ1) is 15.4. The Bertz CT molecular complexity index is 872. The molecule has 1 aliphatic heterocycles. The van der Waals surface area contributed by atoms with Crippen molar-refractivity contribution in [2.45, 2.75) is 92.0 Å². The maximum atomic E-state index is 13.1. The van der Waals surface area contributed by atoms with Crippen LogP contribution in [0.1, 0.15) is 77.4 Å². The number of allylic oxidation sites excluding steroid dienone is 1. The Balaban J connectivity index is 2.27. The van der Waals surface area contributed by atoms with Gasteiger partial charge < -0.3 is 14.9 Å². The molecule has 1 aromatic heterocycles. The second-order valence-electron chi connectivity index (χ2n) is 9.86. The number of hydrogen-bond donors (Lipinski definition) is 2. The highest BCUT2D eigenvalue weighted by atomic mass is 32.1. The van der Waals surface area contributed by atoms with Crippen LogP contribution in [0.5, 0.6) is 0 Å². The third-order valence-corrected chi connectivity index (χ3v) is 7.47. The SMILES string of the molecule is C/C(=C\c1csc(C)n1)[C@@H]1C/C=C/CCC[C@H](C)[C@H](O)[C@H](C)C(=O)C(C)(C)[C@@H](O)CC(=O)O1. The molecule has 0 saturated carbocycles. The molecule has 184 valence electrons. The summed E-state index contributed by atoms with van der Waals surface area (Å²) < 4.78 is 5.75. The standard InChI is InChI=1S/C26H39NO5S/c1-16-11-9-7-8-10-12-21(17(2)13-20-15-33-19(4)27-20)32-23(29)14-22(28)26(5,6)25(31)18(3)24(16)30/h8,10,13,15-16,18,21-22,24,28,30H,7,9,11-12,14H2,1-6H3/b10-8+,17-13+/t16-,18-,21-,22-,24-/m0/s1. The average Bonchev–Trinajstić information content (AvgIpc) is 3.16. The van der Waals surface area contributed by atoms with Crippen LogP contribution in [0.15, 0.2) is 23.1 Å². The van der Waals surface area contributed by atoms with Crippen LogP contribution < -0.4 is 0 Å². The number of aliphatic hydroxyl groups is 2. The van der Waals surface area contributed by atoms with E-state index >= 15 is 0 Å². The Morgan fingerprint density at radius 2 is 1.94 bits per heavy atom. The summed E-state index contributed by atoms with van der Waals surface area (Å²) in [5.74, 6) is -1.48. The Hall–Kier alpha value is -1.83. The minimum absolute atomic E-state index is 0.0392. The molecular weight excluding hydrogens is 438 g/mol. The van der Waals surface area contributed by atoms with Gasteiger partial charge in [0.15, 0.2) is 0 Å². The van der Waals surface area contributed by atoms with Crippen LogP contribution in [0.2, 0.25) is 0 Å². The number of ketones is 1. The molecule has 2 N–H and O–H groups in total. The maximum absolute atomic E-state index is 13.1. The molecule has 6 nitrogen and oxygen atoms in total. The topological polar surface area (TPSA) is 96.7 Å². The lowest BCUT2D eigenvalue weighted by Gasteiger charge is -2.34. The Morgan fingerprint density at radius 1 is 1.24 bits per heavy atom. The second kappa shape index (κ2) is 12.0. The molecule has 2 rings (SSSR count). The van der Waals surface area contributed by atoms with Crippen molar-refractivity contribution in [3.8, 4) is 0 Å². The summed E-state index contributed by atoms with van der Waals surface area (Å²) >= 11 is 1.56. The lowest BCUT2D eigenvalue weighted by Crippen LogP contribution is -2.45. The molecule has 33 heavy (non-hydrogen) atoms. The number of carbonyl (C=O) groups excluding carboxylic acids is 2. The number of rotatable bonds is 2. The zero-order valence-corrected chi connectivity index (χ0v) is 21.5. The summed E-state index contributed by atoms with van der Waals surface area (Å²) in [5, 5.41) is 24.4. The third-order valence-electron chi connectivity index (χ3n) is 6.68. The number of aryl methyl sites for hydroxylation is 1. The number of esters is 1. The van der Waals surface area contributed by atoms with E-state index in [0.717, 1.165) is 35.5 Å². The highest BCUT2D eigenvalue weighted by Crippen LogP contribution is 2.32. The van der Waals surface area contributed by atoms with Gasteiger partial charge in [-0.05, 0) is 50.7 Å². The van der Waals surface area contributed by atoms with Crippen molar-refractivity contribution in [2.75, 3.05) is 0 Å². The van der Waals surface area contributed by atoms with Gasteiger partial charge in [-0.2, -0.15) is 0 Å². The normalized spacial score (nSPS) is 31.8. The molecule has 0 bridgehead atoms. The van der Waals surface area contributed by atoms with Crippen molar-refractivity contribution >= 4 is 29.2 Å². The minimum atomic E-state index is -1.21. The first kappa shape index (κ1) is 27.4. The summed E-state index contributed by atoms with van der Waals surface area (Å²) in [6.45, 7) is 10.8. The number of hydrogen-bond acceptors (Lipinski definition) is 7. The Kier molecular flexibility index (Phi) is 10.0. The molecule has 0 unspecified atom stereocenters. The molecule has 1 aromatic rings. The predicted molar refractivity (Wildman–Crippen MR) is 132 cm³/mol. The highest BCUT2D eigenvalue weighted by Gasteiger charge is 2.42. The van der Waals surface area contributed by atoms with Gasteiger partial charge in [0.2, 0.25) is 0 Å². The first-order valence-corrected chi connectivity index (χ1v) is 12.7. The molecule has 0 saturated heterocycles. The maximum Gasteiger partial charge on any atom is 0.309 e. The number of aromatic nitrogens is 1. The predicted octanol–water partition coefficient (Wildman–Crippen LogP) is 4.88. The molecular formula is C26H39NO5S. The summed E-state index contributed by atoms with van der Waals surface area (Å²) in [5.41, 5.74) is 0.513. The fourth-order valence-electron chi connectivity index (χ4n) is 4.18. The number of carbonyl (C=O) groups is 2. The number of ether oxygens (including phenoxy) is 1.